The summed E-state index contributed by atoms with van der Waals surface area (Å²) < 4.78 is 12.9. The van der Waals surface area contributed by atoms with E-state index in [0.717, 1.165) is 42.2 Å². The van der Waals surface area contributed by atoms with Crippen LogP contribution in [0.2, 0.25) is 0 Å². The van der Waals surface area contributed by atoms with Gasteiger partial charge in [-0.1, -0.05) is 12.1 Å². The molecule has 1 aliphatic rings. The fraction of sp³-hybridized carbons (Fsp3) is 0.444. The molecule has 8 heteroatoms. The van der Waals surface area contributed by atoms with Gasteiger partial charge in [0.25, 0.3) is 0 Å². The first-order chi connectivity index (χ1) is 11.6. The Morgan fingerprint density at radius 2 is 1.92 bits per heavy atom. The summed E-state index contributed by atoms with van der Waals surface area (Å²) in [6.07, 6.45) is 3.04. The van der Waals surface area contributed by atoms with E-state index < -0.39 is 0 Å². The van der Waals surface area contributed by atoms with Crippen LogP contribution in [0.1, 0.15) is 29.1 Å². The van der Waals surface area contributed by atoms with Crippen molar-refractivity contribution in [3.8, 4) is 0 Å². The molecule has 1 aromatic carbocycles. The molecule has 1 fully saturated rings. The number of likely N-dealkylation sites (N-methyl/N-ethyl adjacent to an activating group) is 1. The van der Waals surface area contributed by atoms with Crippen LogP contribution in [0.25, 0.3) is 0 Å². The van der Waals surface area contributed by atoms with Gasteiger partial charge in [0.15, 0.2) is 0 Å². The lowest BCUT2D eigenvalue weighted by molar-refractivity contribution is -0.131. The lowest BCUT2D eigenvalue weighted by Gasteiger charge is -2.31. The van der Waals surface area contributed by atoms with Crippen LogP contribution in [0.3, 0.4) is 0 Å². The van der Waals surface area contributed by atoms with E-state index in [-0.39, 0.29) is 36.5 Å². The predicted octanol–water partition coefficient (Wildman–Crippen LogP) is 3.47. The molecule has 1 aliphatic heterocycles. The predicted molar refractivity (Wildman–Crippen MR) is 108 cm³/mol. The molecule has 2 heterocycles. The molecule has 0 radical (unpaired) electrons. The van der Waals surface area contributed by atoms with E-state index in [1.165, 1.54) is 12.1 Å². The standard InChI is InChI=1S/C18H22FN3OS.2ClH/c1-22(16-6-8-20-9-7-16)18(23)11-15-12-24-17(21-15)10-13-2-4-14(19)5-3-13;;/h2-5,12,16,20H,6-11H2,1H3;2*1H. The van der Waals surface area contributed by atoms with Crippen molar-refractivity contribution >= 4 is 42.1 Å². The molecule has 2 aromatic rings. The first kappa shape index (κ1) is 22.8. The molecule has 4 nitrogen and oxygen atoms in total. The minimum atomic E-state index is -0.231. The van der Waals surface area contributed by atoms with Crippen LogP contribution in [-0.4, -0.2) is 42.0 Å². The van der Waals surface area contributed by atoms with E-state index in [9.17, 15) is 9.18 Å². The van der Waals surface area contributed by atoms with Gasteiger partial charge >= 0.3 is 0 Å². The van der Waals surface area contributed by atoms with Crippen molar-refractivity contribution in [2.45, 2.75) is 31.7 Å². The van der Waals surface area contributed by atoms with Crippen LogP contribution in [0.4, 0.5) is 4.39 Å². The number of piperidine rings is 1. The second-order valence-electron chi connectivity index (χ2n) is 6.20. The number of carbonyl (C=O) groups excluding carboxylic acids is 1. The minimum Gasteiger partial charge on any atom is -0.342 e. The van der Waals surface area contributed by atoms with Gasteiger partial charge in [-0.15, -0.1) is 36.2 Å². The van der Waals surface area contributed by atoms with E-state index in [0.29, 0.717) is 18.9 Å². The molecule has 1 saturated heterocycles. The summed E-state index contributed by atoms with van der Waals surface area (Å²) in [6.45, 7) is 1.95. The fourth-order valence-electron chi connectivity index (χ4n) is 2.97. The summed E-state index contributed by atoms with van der Waals surface area (Å²) in [6, 6.07) is 6.79. The molecular formula is C18H24Cl2FN3OS. The highest BCUT2D eigenvalue weighted by molar-refractivity contribution is 7.09. The average molecular weight is 420 g/mol. The average Bonchev–Trinajstić information content (AvgIpc) is 3.04. The maximum absolute atomic E-state index is 12.9. The van der Waals surface area contributed by atoms with Gasteiger partial charge in [0.2, 0.25) is 5.91 Å². The van der Waals surface area contributed by atoms with Gasteiger partial charge < -0.3 is 10.2 Å². The smallest absolute Gasteiger partial charge is 0.228 e. The lowest BCUT2D eigenvalue weighted by Crippen LogP contribution is -2.44. The van der Waals surface area contributed by atoms with Crippen LogP contribution >= 0.6 is 36.2 Å². The summed E-state index contributed by atoms with van der Waals surface area (Å²) in [5.74, 6) is -0.106. The number of carbonyl (C=O) groups is 1. The molecule has 1 amide bonds. The molecule has 0 saturated carbocycles. The van der Waals surface area contributed by atoms with Gasteiger partial charge in [0, 0.05) is 24.9 Å². The van der Waals surface area contributed by atoms with Crippen molar-refractivity contribution in [3.05, 3.63) is 51.7 Å². The third kappa shape index (κ3) is 6.20. The highest BCUT2D eigenvalue weighted by atomic mass is 35.5. The highest BCUT2D eigenvalue weighted by Crippen LogP contribution is 2.17. The number of nitrogens with zero attached hydrogens (tertiary/aromatic N) is 2. The van der Waals surface area contributed by atoms with Crippen LogP contribution < -0.4 is 5.32 Å². The van der Waals surface area contributed by atoms with Gasteiger partial charge in [-0.05, 0) is 43.6 Å². The number of rotatable bonds is 5. The number of hydrogen-bond acceptors (Lipinski definition) is 4. The monoisotopic (exact) mass is 419 g/mol. The molecule has 0 bridgehead atoms. The molecule has 144 valence electrons. The van der Waals surface area contributed by atoms with Crippen molar-refractivity contribution in [1.29, 1.82) is 0 Å². The molecular weight excluding hydrogens is 396 g/mol. The largest absolute Gasteiger partial charge is 0.342 e. The van der Waals surface area contributed by atoms with E-state index in [1.54, 1.807) is 23.5 Å². The maximum atomic E-state index is 12.9. The summed E-state index contributed by atoms with van der Waals surface area (Å²) >= 11 is 1.55. The minimum absolute atomic E-state index is 0. The number of halogens is 3. The Bertz CT molecular complexity index is 690. The third-order valence-corrected chi connectivity index (χ3v) is 5.35. The molecule has 1 aromatic heterocycles. The van der Waals surface area contributed by atoms with Gasteiger partial charge in [0.1, 0.15) is 5.82 Å². The van der Waals surface area contributed by atoms with Crippen LogP contribution in [0.15, 0.2) is 29.6 Å². The second kappa shape index (κ2) is 10.8. The maximum Gasteiger partial charge on any atom is 0.228 e. The zero-order valence-electron chi connectivity index (χ0n) is 14.6. The van der Waals surface area contributed by atoms with E-state index in [4.69, 9.17) is 0 Å². The van der Waals surface area contributed by atoms with Crippen molar-refractivity contribution in [3.63, 3.8) is 0 Å². The summed E-state index contributed by atoms with van der Waals surface area (Å²) in [5.41, 5.74) is 1.85. The first-order valence-electron chi connectivity index (χ1n) is 8.26. The SMILES string of the molecule is CN(C(=O)Cc1csc(Cc2ccc(F)cc2)n1)C1CCNCC1.Cl.Cl. The van der Waals surface area contributed by atoms with Crippen molar-refractivity contribution in [2.75, 3.05) is 20.1 Å². The quantitative estimate of drug-likeness (QED) is 0.806. The van der Waals surface area contributed by atoms with Crippen LogP contribution in [-0.2, 0) is 17.6 Å². The Hall–Kier alpha value is -1.21. The number of nitrogens with one attached hydrogen (secondary N) is 1. The van der Waals surface area contributed by atoms with Crippen LogP contribution in [0.5, 0.6) is 0 Å². The Morgan fingerprint density at radius 1 is 1.27 bits per heavy atom. The molecule has 26 heavy (non-hydrogen) atoms. The molecule has 3 rings (SSSR count). The molecule has 1 N–H and O–H groups in total. The third-order valence-electron chi connectivity index (χ3n) is 4.45. The number of thiazole rings is 1. The topological polar surface area (TPSA) is 45.2 Å². The summed E-state index contributed by atoms with van der Waals surface area (Å²) in [4.78, 5) is 18.9. The van der Waals surface area contributed by atoms with Crippen molar-refractivity contribution in [2.24, 2.45) is 0 Å². The normalized spacial score (nSPS) is 14.2. The molecule has 0 aliphatic carbocycles. The molecule has 0 atom stereocenters. The highest BCUT2D eigenvalue weighted by Gasteiger charge is 2.22. The first-order valence-corrected chi connectivity index (χ1v) is 9.14. The van der Waals surface area contributed by atoms with Gasteiger partial charge in [-0.25, -0.2) is 9.37 Å². The number of benzene rings is 1. The zero-order valence-corrected chi connectivity index (χ0v) is 17.1. The molecule has 0 spiro atoms. The van der Waals surface area contributed by atoms with E-state index in [1.807, 2.05) is 17.3 Å². The summed E-state index contributed by atoms with van der Waals surface area (Å²) in [7, 11) is 1.89. The molecule has 0 unspecified atom stereocenters. The van der Waals surface area contributed by atoms with Crippen molar-refractivity contribution in [1.82, 2.24) is 15.2 Å². The second-order valence-corrected chi connectivity index (χ2v) is 7.14. The Labute approximate surface area is 170 Å². The number of aromatic nitrogens is 1. The Morgan fingerprint density at radius 3 is 2.58 bits per heavy atom. The number of hydrogen-bond donors (Lipinski definition) is 1. The van der Waals surface area contributed by atoms with Gasteiger partial charge in [-0.2, -0.15) is 0 Å². The van der Waals surface area contributed by atoms with E-state index >= 15 is 0 Å². The number of amides is 1. The summed E-state index contributed by atoms with van der Waals surface area (Å²) in [5, 5.41) is 6.22. The van der Waals surface area contributed by atoms with E-state index in [2.05, 4.69) is 10.3 Å². The van der Waals surface area contributed by atoms with Crippen LogP contribution in [0, 0.1) is 5.82 Å². The Balaban J connectivity index is 0.00000169. The lowest BCUT2D eigenvalue weighted by atomic mass is 10.0. The zero-order chi connectivity index (χ0) is 16.9. The van der Waals surface area contributed by atoms with Gasteiger partial charge in [-0.3, -0.25) is 4.79 Å². The van der Waals surface area contributed by atoms with Gasteiger partial charge in [0.05, 0.1) is 17.1 Å². The fourth-order valence-corrected chi connectivity index (χ4v) is 3.79. The van der Waals surface area contributed by atoms with Crippen molar-refractivity contribution < 1.29 is 9.18 Å². The Kier molecular flexibility index (Phi) is 9.50.